The van der Waals surface area contributed by atoms with Crippen molar-refractivity contribution >= 4 is 27.0 Å². The summed E-state index contributed by atoms with van der Waals surface area (Å²) in [7, 11) is 0. The number of rotatable bonds is 2. The van der Waals surface area contributed by atoms with Gasteiger partial charge in [-0.25, -0.2) is 4.98 Å². The van der Waals surface area contributed by atoms with E-state index in [1.165, 1.54) is 16.7 Å². The number of benzene rings is 3. The number of nitrogens with zero attached hydrogens (tertiary/aromatic N) is 1. The zero-order valence-electron chi connectivity index (χ0n) is 12.6. The summed E-state index contributed by atoms with van der Waals surface area (Å²) >= 11 is 3.47. The molecule has 0 saturated heterocycles. The normalized spacial score (nSPS) is 11.0. The number of fused-ring (bicyclic) bond motifs is 1. The molecule has 0 saturated carbocycles. The van der Waals surface area contributed by atoms with Gasteiger partial charge in [-0.1, -0.05) is 58.4 Å². The van der Waals surface area contributed by atoms with Crippen LogP contribution in [0.25, 0.3) is 33.7 Å². The highest BCUT2D eigenvalue weighted by Crippen LogP contribution is 2.33. The van der Waals surface area contributed by atoms with Gasteiger partial charge >= 0.3 is 0 Å². The molecule has 3 aromatic carbocycles. The van der Waals surface area contributed by atoms with Crippen LogP contribution >= 0.6 is 15.9 Å². The van der Waals surface area contributed by atoms with Crippen LogP contribution in [0.4, 0.5) is 0 Å². The van der Waals surface area contributed by atoms with Crippen molar-refractivity contribution in [2.75, 3.05) is 0 Å². The Morgan fingerprint density at radius 3 is 2.48 bits per heavy atom. The molecule has 4 rings (SSSR count). The average molecular weight is 364 g/mol. The number of aromatic nitrogens is 1. The molecule has 4 aromatic rings. The fraction of sp³-hybridized carbons (Fsp3) is 0.0500. The second kappa shape index (κ2) is 5.67. The smallest absolute Gasteiger partial charge is 0.227 e. The van der Waals surface area contributed by atoms with Gasteiger partial charge in [-0.05, 0) is 47.9 Å². The molecule has 0 atom stereocenters. The molecule has 0 aliphatic carbocycles. The van der Waals surface area contributed by atoms with E-state index in [0.29, 0.717) is 5.89 Å². The van der Waals surface area contributed by atoms with Gasteiger partial charge < -0.3 is 4.42 Å². The quantitative estimate of drug-likeness (QED) is 0.421. The molecule has 3 heteroatoms. The molecule has 0 unspecified atom stereocenters. The minimum Gasteiger partial charge on any atom is -0.436 e. The first-order chi connectivity index (χ1) is 11.2. The van der Waals surface area contributed by atoms with Gasteiger partial charge in [0.15, 0.2) is 5.58 Å². The Bertz CT molecular complexity index is 989. The molecule has 0 fully saturated rings. The van der Waals surface area contributed by atoms with Crippen molar-refractivity contribution in [3.8, 4) is 22.6 Å². The van der Waals surface area contributed by atoms with Crippen LogP contribution in [0, 0.1) is 6.92 Å². The van der Waals surface area contributed by atoms with E-state index >= 15 is 0 Å². The minimum absolute atomic E-state index is 0.661. The predicted octanol–water partition coefficient (Wildman–Crippen LogP) is 6.23. The topological polar surface area (TPSA) is 26.0 Å². The molecule has 0 aliphatic rings. The second-order valence-electron chi connectivity index (χ2n) is 5.48. The fourth-order valence-corrected chi connectivity index (χ4v) is 3.15. The van der Waals surface area contributed by atoms with Crippen LogP contribution in [0.3, 0.4) is 0 Å². The van der Waals surface area contributed by atoms with Crippen molar-refractivity contribution in [1.29, 1.82) is 0 Å². The molecule has 1 aromatic heterocycles. The maximum Gasteiger partial charge on any atom is 0.227 e. The van der Waals surface area contributed by atoms with Crippen molar-refractivity contribution < 1.29 is 4.42 Å². The summed E-state index contributed by atoms with van der Waals surface area (Å²) < 4.78 is 6.95. The largest absolute Gasteiger partial charge is 0.436 e. The third kappa shape index (κ3) is 2.57. The first-order valence-electron chi connectivity index (χ1n) is 7.44. The van der Waals surface area contributed by atoms with E-state index in [9.17, 15) is 0 Å². The summed E-state index contributed by atoms with van der Waals surface area (Å²) in [6.45, 7) is 2.11. The Kier molecular flexibility index (Phi) is 3.50. The second-order valence-corrected chi connectivity index (χ2v) is 6.39. The van der Waals surface area contributed by atoms with Crippen LogP contribution in [0.2, 0.25) is 0 Å². The highest BCUT2D eigenvalue weighted by Gasteiger charge is 2.13. The van der Waals surface area contributed by atoms with E-state index in [4.69, 9.17) is 4.42 Å². The monoisotopic (exact) mass is 363 g/mol. The standard InChI is InChI=1S/C20H14BrNO/c1-13-16(14-6-3-2-4-7-14)8-5-9-17(13)20-22-18-11-10-15(21)12-19(18)23-20/h2-12H,1H3. The van der Waals surface area contributed by atoms with Gasteiger partial charge in [0.05, 0.1) is 0 Å². The summed E-state index contributed by atoms with van der Waals surface area (Å²) in [5.41, 5.74) is 6.26. The Hall–Kier alpha value is -2.39. The zero-order chi connectivity index (χ0) is 15.8. The lowest BCUT2D eigenvalue weighted by atomic mass is 9.96. The van der Waals surface area contributed by atoms with E-state index in [-0.39, 0.29) is 0 Å². The highest BCUT2D eigenvalue weighted by molar-refractivity contribution is 9.10. The fourth-order valence-electron chi connectivity index (χ4n) is 2.81. The SMILES string of the molecule is Cc1c(-c2ccccc2)cccc1-c1nc2ccc(Br)cc2o1. The summed E-state index contributed by atoms with van der Waals surface area (Å²) in [6.07, 6.45) is 0. The van der Waals surface area contributed by atoms with Gasteiger partial charge in [0.2, 0.25) is 5.89 Å². The van der Waals surface area contributed by atoms with E-state index in [0.717, 1.165) is 21.1 Å². The van der Waals surface area contributed by atoms with Crippen LogP contribution < -0.4 is 0 Å². The molecule has 0 radical (unpaired) electrons. The van der Waals surface area contributed by atoms with Gasteiger partial charge in [-0.3, -0.25) is 0 Å². The highest BCUT2D eigenvalue weighted by atomic mass is 79.9. The van der Waals surface area contributed by atoms with Crippen molar-refractivity contribution in [2.24, 2.45) is 0 Å². The number of hydrogen-bond acceptors (Lipinski definition) is 2. The van der Waals surface area contributed by atoms with Gasteiger partial charge in [0, 0.05) is 10.0 Å². The molecule has 1 heterocycles. The molecule has 112 valence electrons. The summed E-state index contributed by atoms with van der Waals surface area (Å²) in [4.78, 5) is 4.63. The molecule has 0 bridgehead atoms. The van der Waals surface area contributed by atoms with Crippen molar-refractivity contribution in [1.82, 2.24) is 4.98 Å². The summed E-state index contributed by atoms with van der Waals surface area (Å²) in [5, 5.41) is 0. The molecular formula is C20H14BrNO. The van der Waals surface area contributed by atoms with Crippen molar-refractivity contribution in [2.45, 2.75) is 6.92 Å². The number of hydrogen-bond donors (Lipinski definition) is 0. The van der Waals surface area contributed by atoms with Gasteiger partial charge in [-0.15, -0.1) is 0 Å². The molecule has 0 amide bonds. The maximum absolute atomic E-state index is 5.97. The van der Waals surface area contributed by atoms with Crippen LogP contribution in [-0.2, 0) is 0 Å². The lowest BCUT2D eigenvalue weighted by Gasteiger charge is -2.09. The van der Waals surface area contributed by atoms with Crippen LogP contribution in [0.5, 0.6) is 0 Å². The van der Waals surface area contributed by atoms with E-state index < -0.39 is 0 Å². The predicted molar refractivity (Wildman–Crippen MR) is 97.3 cm³/mol. The lowest BCUT2D eigenvalue weighted by molar-refractivity contribution is 0.619. The first kappa shape index (κ1) is 14.2. The van der Waals surface area contributed by atoms with E-state index in [1.807, 2.05) is 24.3 Å². The third-order valence-corrected chi connectivity index (χ3v) is 4.49. The average Bonchev–Trinajstić information content (AvgIpc) is 2.98. The van der Waals surface area contributed by atoms with Crippen LogP contribution in [0.15, 0.2) is 75.6 Å². The zero-order valence-corrected chi connectivity index (χ0v) is 14.2. The van der Waals surface area contributed by atoms with Gasteiger partial charge in [0.25, 0.3) is 0 Å². The summed E-state index contributed by atoms with van der Waals surface area (Å²) in [5.74, 6) is 0.661. The van der Waals surface area contributed by atoms with E-state index in [1.54, 1.807) is 0 Å². The van der Waals surface area contributed by atoms with Crippen LogP contribution in [-0.4, -0.2) is 4.98 Å². The Labute approximate surface area is 142 Å². The number of halogens is 1. The minimum atomic E-state index is 0.661. The Morgan fingerprint density at radius 2 is 1.65 bits per heavy atom. The molecule has 0 N–H and O–H groups in total. The molecule has 2 nitrogen and oxygen atoms in total. The molecule has 23 heavy (non-hydrogen) atoms. The molecule has 0 aliphatic heterocycles. The van der Waals surface area contributed by atoms with Gasteiger partial charge in [-0.2, -0.15) is 0 Å². The number of oxazole rings is 1. The molecular weight excluding hydrogens is 350 g/mol. The van der Waals surface area contributed by atoms with E-state index in [2.05, 4.69) is 70.3 Å². The first-order valence-corrected chi connectivity index (χ1v) is 8.23. The van der Waals surface area contributed by atoms with Crippen molar-refractivity contribution in [3.63, 3.8) is 0 Å². The molecule has 0 spiro atoms. The Balaban J connectivity index is 1.88. The Morgan fingerprint density at radius 1 is 0.870 bits per heavy atom. The van der Waals surface area contributed by atoms with Gasteiger partial charge in [0.1, 0.15) is 5.52 Å². The third-order valence-electron chi connectivity index (χ3n) is 4.00. The van der Waals surface area contributed by atoms with Crippen LogP contribution in [0.1, 0.15) is 5.56 Å². The lowest BCUT2D eigenvalue weighted by Crippen LogP contribution is -1.88. The van der Waals surface area contributed by atoms with Crippen molar-refractivity contribution in [3.05, 3.63) is 76.8 Å². The maximum atomic E-state index is 5.97. The summed E-state index contributed by atoms with van der Waals surface area (Å²) in [6, 6.07) is 22.5.